The Morgan fingerprint density at radius 2 is 2.18 bits per heavy atom. The molecule has 0 bridgehead atoms. The largest absolute Gasteiger partial charge is 0.389 e. The summed E-state index contributed by atoms with van der Waals surface area (Å²) in [6, 6.07) is 5.92. The fourth-order valence-electron chi connectivity index (χ4n) is 1.43. The van der Waals surface area contributed by atoms with Gasteiger partial charge in [-0.05, 0) is 32.9 Å². The minimum Gasteiger partial charge on any atom is -0.389 e. The van der Waals surface area contributed by atoms with E-state index < -0.39 is 6.10 Å². The molecule has 1 rings (SSSR count). The third kappa shape index (κ3) is 6.36. The van der Waals surface area contributed by atoms with Crippen molar-refractivity contribution < 1.29 is 9.84 Å². The second-order valence-electron chi connectivity index (χ2n) is 4.44. The molecule has 4 nitrogen and oxygen atoms in total. The maximum atomic E-state index is 9.62. The fourth-order valence-corrected chi connectivity index (χ4v) is 1.43. The van der Waals surface area contributed by atoms with E-state index in [1.165, 1.54) is 0 Å². The second-order valence-corrected chi connectivity index (χ2v) is 4.44. The Kier molecular flexibility index (Phi) is 6.11. The summed E-state index contributed by atoms with van der Waals surface area (Å²) in [5.74, 6) is 0. The lowest BCUT2D eigenvalue weighted by molar-refractivity contribution is 0.00627. The molecule has 0 saturated heterocycles. The van der Waals surface area contributed by atoms with E-state index in [2.05, 4.69) is 10.3 Å². The Bertz CT molecular complexity index is 329. The highest BCUT2D eigenvalue weighted by molar-refractivity contribution is 5.09. The number of aromatic nitrogens is 1. The van der Waals surface area contributed by atoms with Crippen molar-refractivity contribution in [1.82, 2.24) is 10.3 Å². The number of pyridine rings is 1. The summed E-state index contributed by atoms with van der Waals surface area (Å²) >= 11 is 0. The molecule has 2 N–H and O–H groups in total. The lowest BCUT2D eigenvalue weighted by Crippen LogP contribution is -2.31. The SMILES string of the molecule is Cc1cccc(CNCC(O)COC(C)C)n1. The zero-order valence-corrected chi connectivity index (χ0v) is 10.8. The molecule has 0 amide bonds. The Morgan fingerprint density at radius 3 is 2.82 bits per heavy atom. The standard InChI is InChI=1S/C13H22N2O2/c1-10(2)17-9-13(16)8-14-7-12-6-4-5-11(3)15-12/h4-6,10,13-14,16H,7-9H2,1-3H3. The summed E-state index contributed by atoms with van der Waals surface area (Å²) in [5, 5.41) is 12.8. The van der Waals surface area contributed by atoms with Crippen LogP contribution in [0.25, 0.3) is 0 Å². The van der Waals surface area contributed by atoms with Gasteiger partial charge in [0, 0.05) is 18.8 Å². The number of nitrogens with one attached hydrogen (secondary N) is 1. The number of aryl methyl sites for hydroxylation is 1. The number of aliphatic hydroxyl groups excluding tert-OH is 1. The highest BCUT2D eigenvalue weighted by Gasteiger charge is 2.05. The predicted octanol–water partition coefficient (Wildman–Crippen LogP) is 1.27. The van der Waals surface area contributed by atoms with E-state index in [0.717, 1.165) is 11.4 Å². The Balaban J connectivity index is 2.19. The lowest BCUT2D eigenvalue weighted by Gasteiger charge is -2.14. The van der Waals surface area contributed by atoms with E-state index in [1.807, 2.05) is 39.0 Å². The van der Waals surface area contributed by atoms with Gasteiger partial charge in [-0.2, -0.15) is 0 Å². The van der Waals surface area contributed by atoms with Crippen LogP contribution in [0.15, 0.2) is 18.2 Å². The van der Waals surface area contributed by atoms with Crippen LogP contribution in [-0.4, -0.2) is 35.5 Å². The first-order valence-electron chi connectivity index (χ1n) is 6.01. The molecule has 96 valence electrons. The maximum Gasteiger partial charge on any atom is 0.0897 e. The smallest absolute Gasteiger partial charge is 0.0897 e. The molecule has 0 aliphatic rings. The van der Waals surface area contributed by atoms with E-state index in [-0.39, 0.29) is 6.10 Å². The second kappa shape index (κ2) is 7.37. The van der Waals surface area contributed by atoms with Crippen LogP contribution in [-0.2, 0) is 11.3 Å². The molecule has 0 aromatic carbocycles. The molecule has 1 heterocycles. The topological polar surface area (TPSA) is 54.4 Å². The third-order valence-electron chi connectivity index (χ3n) is 2.25. The van der Waals surface area contributed by atoms with Crippen molar-refractivity contribution in [2.45, 2.75) is 39.5 Å². The van der Waals surface area contributed by atoms with Crippen LogP contribution < -0.4 is 5.32 Å². The van der Waals surface area contributed by atoms with Crippen molar-refractivity contribution >= 4 is 0 Å². The van der Waals surface area contributed by atoms with Crippen LogP contribution in [0.3, 0.4) is 0 Å². The van der Waals surface area contributed by atoms with Gasteiger partial charge < -0.3 is 15.2 Å². The maximum absolute atomic E-state index is 9.62. The molecule has 17 heavy (non-hydrogen) atoms. The number of hydrogen-bond donors (Lipinski definition) is 2. The molecule has 0 fully saturated rings. The van der Waals surface area contributed by atoms with E-state index in [9.17, 15) is 5.11 Å². The minimum atomic E-state index is -0.470. The first-order valence-corrected chi connectivity index (χ1v) is 6.01. The molecule has 0 aliphatic carbocycles. The molecule has 0 spiro atoms. The molecule has 0 radical (unpaired) electrons. The summed E-state index contributed by atoms with van der Waals surface area (Å²) in [5.41, 5.74) is 2.00. The highest BCUT2D eigenvalue weighted by atomic mass is 16.5. The van der Waals surface area contributed by atoms with E-state index in [4.69, 9.17) is 4.74 Å². The van der Waals surface area contributed by atoms with Gasteiger partial charge in [0.25, 0.3) is 0 Å². The molecule has 1 atom stereocenters. The number of ether oxygens (including phenoxy) is 1. The first-order chi connectivity index (χ1) is 8.08. The van der Waals surface area contributed by atoms with Crippen molar-refractivity contribution in [2.24, 2.45) is 0 Å². The summed E-state index contributed by atoms with van der Waals surface area (Å²) < 4.78 is 5.32. The van der Waals surface area contributed by atoms with Gasteiger partial charge in [-0.15, -0.1) is 0 Å². The average molecular weight is 238 g/mol. The monoisotopic (exact) mass is 238 g/mol. The van der Waals surface area contributed by atoms with Gasteiger partial charge in [0.15, 0.2) is 0 Å². The molecule has 0 aliphatic heterocycles. The van der Waals surface area contributed by atoms with Crippen molar-refractivity contribution in [1.29, 1.82) is 0 Å². The van der Waals surface area contributed by atoms with Crippen LogP contribution in [0.5, 0.6) is 0 Å². The lowest BCUT2D eigenvalue weighted by atomic mass is 10.3. The molecule has 1 unspecified atom stereocenters. The van der Waals surface area contributed by atoms with Gasteiger partial charge in [-0.3, -0.25) is 4.98 Å². The Morgan fingerprint density at radius 1 is 1.41 bits per heavy atom. The quantitative estimate of drug-likeness (QED) is 0.751. The normalized spacial score (nSPS) is 13.0. The van der Waals surface area contributed by atoms with Crippen molar-refractivity contribution in [2.75, 3.05) is 13.2 Å². The molecular weight excluding hydrogens is 216 g/mol. The third-order valence-corrected chi connectivity index (χ3v) is 2.25. The summed E-state index contributed by atoms with van der Waals surface area (Å²) in [4.78, 5) is 4.37. The summed E-state index contributed by atoms with van der Waals surface area (Å²) in [6.07, 6.45) is -0.315. The Labute approximate surface area is 103 Å². The van der Waals surface area contributed by atoms with Crippen molar-refractivity contribution in [3.8, 4) is 0 Å². The van der Waals surface area contributed by atoms with Crippen molar-refractivity contribution in [3.63, 3.8) is 0 Å². The number of rotatable bonds is 7. The van der Waals surface area contributed by atoms with Crippen molar-refractivity contribution in [3.05, 3.63) is 29.6 Å². The molecular formula is C13H22N2O2. The van der Waals surface area contributed by atoms with Gasteiger partial charge in [0.1, 0.15) is 0 Å². The molecule has 1 aromatic heterocycles. The van der Waals surface area contributed by atoms with Gasteiger partial charge in [0.05, 0.1) is 24.5 Å². The Hall–Kier alpha value is -0.970. The molecule has 1 aromatic rings. The number of aliphatic hydroxyl groups is 1. The van der Waals surface area contributed by atoms with Gasteiger partial charge >= 0.3 is 0 Å². The number of hydrogen-bond acceptors (Lipinski definition) is 4. The van der Waals surface area contributed by atoms with E-state index in [0.29, 0.717) is 19.7 Å². The minimum absolute atomic E-state index is 0.156. The van der Waals surface area contributed by atoms with Crippen LogP contribution in [0.2, 0.25) is 0 Å². The summed E-state index contributed by atoms with van der Waals surface area (Å²) in [6.45, 7) is 7.43. The van der Waals surface area contributed by atoms with Crippen LogP contribution in [0.4, 0.5) is 0 Å². The van der Waals surface area contributed by atoms with Crippen LogP contribution in [0, 0.1) is 6.92 Å². The summed E-state index contributed by atoms with van der Waals surface area (Å²) in [7, 11) is 0. The number of nitrogens with zero attached hydrogens (tertiary/aromatic N) is 1. The van der Waals surface area contributed by atoms with E-state index in [1.54, 1.807) is 0 Å². The van der Waals surface area contributed by atoms with Crippen LogP contribution >= 0.6 is 0 Å². The zero-order chi connectivity index (χ0) is 12.7. The first kappa shape index (κ1) is 14.1. The molecule has 0 saturated carbocycles. The van der Waals surface area contributed by atoms with Gasteiger partial charge in [0.2, 0.25) is 0 Å². The van der Waals surface area contributed by atoms with E-state index >= 15 is 0 Å². The zero-order valence-electron chi connectivity index (χ0n) is 10.8. The average Bonchev–Trinajstić information content (AvgIpc) is 2.26. The van der Waals surface area contributed by atoms with Gasteiger partial charge in [-0.1, -0.05) is 6.07 Å². The fraction of sp³-hybridized carbons (Fsp3) is 0.615. The van der Waals surface area contributed by atoms with Crippen LogP contribution in [0.1, 0.15) is 25.2 Å². The molecule has 4 heteroatoms. The predicted molar refractivity (Wildman–Crippen MR) is 67.8 cm³/mol. The highest BCUT2D eigenvalue weighted by Crippen LogP contribution is 1.97. The van der Waals surface area contributed by atoms with Gasteiger partial charge in [-0.25, -0.2) is 0 Å².